The van der Waals surface area contributed by atoms with Gasteiger partial charge in [-0.15, -0.1) is 0 Å². The normalized spacial score (nSPS) is 17.0. The van der Waals surface area contributed by atoms with Crippen LogP contribution in [0.1, 0.15) is 44.0 Å². The number of nitrogens with zero attached hydrogens (tertiary/aromatic N) is 3. The third kappa shape index (κ3) is 4.80. The van der Waals surface area contributed by atoms with E-state index in [4.69, 9.17) is 9.15 Å². The van der Waals surface area contributed by atoms with Gasteiger partial charge in [-0.2, -0.15) is 5.10 Å². The summed E-state index contributed by atoms with van der Waals surface area (Å²) in [5, 5.41) is 18.9. The molecule has 0 bridgehead atoms. The van der Waals surface area contributed by atoms with Crippen LogP contribution in [0.4, 0.5) is 4.39 Å². The molecule has 6 rings (SSSR count). The van der Waals surface area contributed by atoms with E-state index in [0.29, 0.717) is 69.8 Å². The minimum absolute atomic E-state index is 0.173. The number of nitrogens with one attached hydrogen (secondary N) is 1. The van der Waals surface area contributed by atoms with Crippen LogP contribution in [-0.4, -0.2) is 57.2 Å². The fourth-order valence-electron chi connectivity index (χ4n) is 5.65. The van der Waals surface area contributed by atoms with Crippen LogP contribution in [0.3, 0.4) is 0 Å². The Kier molecular flexibility index (Phi) is 6.50. The minimum Gasteiger partial charge on any atom is -0.460 e. The molecule has 1 saturated heterocycles. The summed E-state index contributed by atoms with van der Waals surface area (Å²) in [5.74, 6) is 0.757. The molecule has 1 atom stereocenters. The van der Waals surface area contributed by atoms with Gasteiger partial charge in [0.1, 0.15) is 28.4 Å². The van der Waals surface area contributed by atoms with Crippen molar-refractivity contribution in [2.45, 2.75) is 32.3 Å². The lowest BCUT2D eigenvalue weighted by molar-refractivity contribution is 0.0445. The number of rotatable bonds is 6. The highest BCUT2D eigenvalue weighted by molar-refractivity contribution is 6.07. The van der Waals surface area contributed by atoms with Gasteiger partial charge < -0.3 is 24.5 Å². The number of hydrogen-bond donors (Lipinski definition) is 2. The van der Waals surface area contributed by atoms with Crippen LogP contribution in [0.5, 0.6) is 11.5 Å². The Balaban J connectivity index is 1.25. The van der Waals surface area contributed by atoms with Gasteiger partial charge in [0.2, 0.25) is 0 Å². The van der Waals surface area contributed by atoms with Crippen molar-refractivity contribution in [3.63, 3.8) is 0 Å². The molecule has 4 heterocycles. The number of benzene rings is 2. The number of hydrogen-bond acceptors (Lipinski definition) is 6. The zero-order valence-electron chi connectivity index (χ0n) is 22.9. The molecule has 2 N–H and O–H groups in total. The zero-order valence-corrected chi connectivity index (χ0v) is 22.9. The van der Waals surface area contributed by atoms with E-state index in [1.54, 1.807) is 72.2 Å². The molecular weight excluding hydrogens is 527 g/mol. The van der Waals surface area contributed by atoms with E-state index in [2.05, 4.69) is 10.4 Å². The Morgan fingerprint density at radius 2 is 1.95 bits per heavy atom. The first kappa shape index (κ1) is 26.5. The van der Waals surface area contributed by atoms with E-state index in [0.717, 1.165) is 5.56 Å². The van der Waals surface area contributed by atoms with Crippen molar-refractivity contribution in [3.8, 4) is 11.5 Å². The van der Waals surface area contributed by atoms with Crippen molar-refractivity contribution >= 4 is 28.3 Å². The quantitative estimate of drug-likeness (QED) is 0.311. The first-order valence-corrected chi connectivity index (χ1v) is 13.3. The van der Waals surface area contributed by atoms with Crippen molar-refractivity contribution < 1.29 is 28.2 Å². The van der Waals surface area contributed by atoms with Crippen LogP contribution < -0.4 is 10.1 Å². The first-order chi connectivity index (χ1) is 19.7. The molecule has 1 unspecified atom stereocenters. The molecule has 5 aromatic rings. The molecule has 1 aliphatic heterocycles. The van der Waals surface area contributed by atoms with Crippen LogP contribution >= 0.6 is 0 Å². The highest BCUT2D eigenvalue weighted by Gasteiger charge is 2.39. The highest BCUT2D eigenvalue weighted by Crippen LogP contribution is 2.35. The molecule has 2 aromatic carbocycles. The van der Waals surface area contributed by atoms with Crippen molar-refractivity contribution in [1.82, 2.24) is 19.8 Å². The largest absolute Gasteiger partial charge is 0.460 e. The molecule has 0 saturated carbocycles. The lowest BCUT2D eigenvalue weighted by atomic mass is 9.94. The Bertz CT molecular complexity index is 1810. The number of carbonyl (C=O) groups is 2. The number of β-amino-alcohol motifs (C(OH)–C–C–N with tert-alkyl or cyclic N) is 1. The van der Waals surface area contributed by atoms with Crippen molar-refractivity contribution in [2.24, 2.45) is 0 Å². The second-order valence-electron chi connectivity index (χ2n) is 10.5. The predicted molar refractivity (Wildman–Crippen MR) is 150 cm³/mol. The predicted octanol–water partition coefficient (Wildman–Crippen LogP) is 4.81. The van der Waals surface area contributed by atoms with Gasteiger partial charge in [0, 0.05) is 43.7 Å². The summed E-state index contributed by atoms with van der Waals surface area (Å²) in [6.07, 6.45) is 4.02. The Morgan fingerprint density at radius 1 is 1.17 bits per heavy atom. The molecule has 0 spiro atoms. The first-order valence-electron chi connectivity index (χ1n) is 13.3. The summed E-state index contributed by atoms with van der Waals surface area (Å²) < 4.78 is 27.0. The molecule has 0 aliphatic carbocycles. The monoisotopic (exact) mass is 556 g/mol. The maximum Gasteiger partial charge on any atom is 0.255 e. The second kappa shape index (κ2) is 10.0. The molecule has 9 nitrogen and oxygen atoms in total. The molecule has 0 radical (unpaired) electrons. The van der Waals surface area contributed by atoms with Crippen LogP contribution in [0.25, 0.3) is 16.5 Å². The summed E-state index contributed by atoms with van der Waals surface area (Å²) >= 11 is 0. The van der Waals surface area contributed by atoms with E-state index in [1.807, 2.05) is 6.92 Å². The number of carbonyl (C=O) groups excluding carboxylic acids is 2. The fourth-order valence-corrected chi connectivity index (χ4v) is 5.65. The summed E-state index contributed by atoms with van der Waals surface area (Å²) in [4.78, 5) is 27.5. The average molecular weight is 557 g/mol. The summed E-state index contributed by atoms with van der Waals surface area (Å²) in [6, 6.07) is 13.0. The number of halogens is 1. The van der Waals surface area contributed by atoms with Gasteiger partial charge in [-0.3, -0.25) is 9.59 Å². The van der Waals surface area contributed by atoms with E-state index < -0.39 is 5.60 Å². The Labute approximate surface area is 235 Å². The lowest BCUT2D eigenvalue weighted by Crippen LogP contribution is -2.37. The number of likely N-dealkylation sites (tertiary alicyclic amines) is 1. The van der Waals surface area contributed by atoms with Crippen LogP contribution in [0.2, 0.25) is 0 Å². The number of fused-ring (bicyclic) bond motifs is 2. The van der Waals surface area contributed by atoms with Gasteiger partial charge in [-0.05, 0) is 55.7 Å². The molecule has 210 valence electrons. The van der Waals surface area contributed by atoms with E-state index in [9.17, 15) is 19.1 Å². The molecule has 1 aliphatic rings. The topological polar surface area (TPSA) is 109 Å². The molecule has 10 heteroatoms. The number of amides is 2. The summed E-state index contributed by atoms with van der Waals surface area (Å²) in [7, 11) is 1.57. The van der Waals surface area contributed by atoms with Crippen LogP contribution in [0.15, 0.2) is 65.3 Å². The lowest BCUT2D eigenvalue weighted by Gasteiger charge is -2.23. The number of aromatic nitrogens is 2. The SMILES string of the molecule is CNC(=O)c1c(C)oc2cc(Oc3ccnn4cc(C(=O)N5CCC(O)(Cc6ccc(F)cc6)C5)c(C)c34)ccc12. The fraction of sp³-hybridized carbons (Fsp3) is 0.258. The van der Waals surface area contributed by atoms with E-state index >= 15 is 0 Å². The molecule has 41 heavy (non-hydrogen) atoms. The standard InChI is InChI=1S/C31H29FN4O5/c1-18-24(30(38)35-13-11-31(39,17-35)15-20-4-6-21(32)7-5-20)16-36-28(18)25(10-12-34-36)41-22-8-9-23-26(14-22)40-19(2)27(23)29(37)33-3/h4-10,12,14,16,39H,11,13,15,17H2,1-3H3,(H,33,37). The average Bonchev–Trinajstić information content (AvgIpc) is 3.61. The minimum atomic E-state index is -1.09. The van der Waals surface area contributed by atoms with E-state index in [-0.39, 0.29) is 24.2 Å². The van der Waals surface area contributed by atoms with Gasteiger partial charge in [0.15, 0.2) is 5.75 Å². The van der Waals surface area contributed by atoms with Gasteiger partial charge in [0.05, 0.1) is 29.5 Å². The molecule has 2 amide bonds. The second-order valence-corrected chi connectivity index (χ2v) is 10.5. The smallest absolute Gasteiger partial charge is 0.255 e. The Hall–Kier alpha value is -4.70. The number of furan rings is 1. The molecular formula is C31H29FN4O5. The number of ether oxygens (including phenoxy) is 1. The van der Waals surface area contributed by atoms with Gasteiger partial charge in [-0.1, -0.05) is 12.1 Å². The third-order valence-electron chi connectivity index (χ3n) is 7.71. The van der Waals surface area contributed by atoms with Gasteiger partial charge in [-0.25, -0.2) is 8.91 Å². The third-order valence-corrected chi connectivity index (χ3v) is 7.71. The molecule has 3 aromatic heterocycles. The number of aliphatic hydroxyl groups is 1. The zero-order chi connectivity index (χ0) is 28.9. The van der Waals surface area contributed by atoms with Crippen LogP contribution in [-0.2, 0) is 6.42 Å². The summed E-state index contributed by atoms with van der Waals surface area (Å²) in [5.41, 5.74) is 2.53. The maximum absolute atomic E-state index is 13.6. The Morgan fingerprint density at radius 3 is 2.71 bits per heavy atom. The van der Waals surface area contributed by atoms with Crippen molar-refractivity contribution in [1.29, 1.82) is 0 Å². The van der Waals surface area contributed by atoms with Crippen molar-refractivity contribution in [2.75, 3.05) is 20.1 Å². The van der Waals surface area contributed by atoms with Gasteiger partial charge in [0.25, 0.3) is 11.8 Å². The number of aryl methyl sites for hydroxylation is 2. The van der Waals surface area contributed by atoms with E-state index in [1.165, 1.54) is 12.1 Å². The van der Waals surface area contributed by atoms with Gasteiger partial charge >= 0.3 is 0 Å². The maximum atomic E-state index is 13.6. The molecule has 1 fully saturated rings. The summed E-state index contributed by atoms with van der Waals surface area (Å²) in [6.45, 7) is 4.16. The van der Waals surface area contributed by atoms with Crippen molar-refractivity contribution in [3.05, 3.63) is 94.8 Å². The van der Waals surface area contributed by atoms with Crippen LogP contribution in [0, 0.1) is 19.7 Å². The highest BCUT2D eigenvalue weighted by atomic mass is 19.1.